The molecule has 0 unspecified atom stereocenters. The number of nitrogens with one attached hydrogen (secondary N) is 2. The van der Waals surface area contributed by atoms with Gasteiger partial charge in [-0.3, -0.25) is 4.79 Å². The minimum absolute atomic E-state index is 0.102. The van der Waals surface area contributed by atoms with Gasteiger partial charge in [0.25, 0.3) is 0 Å². The molecular formula is C14H9N5O. The molecule has 0 fully saturated rings. The normalized spacial score (nSPS) is 11.9. The zero-order chi connectivity index (χ0) is 14.5. The molecule has 1 aromatic rings. The van der Waals surface area contributed by atoms with Crippen molar-refractivity contribution in [1.29, 1.82) is 15.8 Å². The Hall–Kier alpha value is -3.30. The molecule has 1 aliphatic rings. The Morgan fingerprint density at radius 3 is 2.60 bits per heavy atom. The first kappa shape index (κ1) is 13.1. The van der Waals surface area contributed by atoms with Crippen LogP contribution in [-0.4, -0.2) is 5.91 Å². The van der Waals surface area contributed by atoms with Crippen molar-refractivity contribution in [2.75, 3.05) is 5.32 Å². The van der Waals surface area contributed by atoms with Gasteiger partial charge in [0.15, 0.2) is 5.57 Å². The van der Waals surface area contributed by atoms with Gasteiger partial charge in [-0.15, -0.1) is 0 Å². The van der Waals surface area contributed by atoms with Crippen molar-refractivity contribution in [2.45, 2.75) is 13.0 Å². The number of benzene rings is 1. The minimum Gasteiger partial charge on any atom is -0.352 e. The summed E-state index contributed by atoms with van der Waals surface area (Å²) in [5, 5.41) is 32.1. The predicted octanol–water partition coefficient (Wildman–Crippen LogP) is 1.10. The molecule has 1 aliphatic heterocycles. The highest BCUT2D eigenvalue weighted by atomic mass is 16.1. The number of allylic oxidation sites excluding steroid dienone is 2. The van der Waals surface area contributed by atoms with Crippen molar-refractivity contribution in [3.63, 3.8) is 0 Å². The molecule has 6 heteroatoms. The van der Waals surface area contributed by atoms with Crippen LogP contribution in [0, 0.1) is 34.0 Å². The van der Waals surface area contributed by atoms with Gasteiger partial charge in [0.1, 0.15) is 23.9 Å². The van der Waals surface area contributed by atoms with Crippen LogP contribution in [0.4, 0.5) is 5.69 Å². The van der Waals surface area contributed by atoms with E-state index < -0.39 is 0 Å². The monoisotopic (exact) mass is 263 g/mol. The lowest BCUT2D eigenvalue weighted by molar-refractivity contribution is -0.121. The first-order valence-electron chi connectivity index (χ1n) is 5.78. The van der Waals surface area contributed by atoms with E-state index in [2.05, 4.69) is 10.6 Å². The Bertz CT molecular complexity index is 711. The van der Waals surface area contributed by atoms with Crippen molar-refractivity contribution in [3.05, 3.63) is 40.6 Å². The standard InChI is InChI=1S/C14H9N5O/c15-5-10(6-16)13(7-17)19-12-3-1-2-9-8-18-14(20)4-11(9)12/h1-3,19H,4,8H2,(H,18,20). The summed E-state index contributed by atoms with van der Waals surface area (Å²) in [7, 11) is 0. The second kappa shape index (κ2) is 5.56. The van der Waals surface area contributed by atoms with Crippen molar-refractivity contribution in [2.24, 2.45) is 0 Å². The molecule has 1 aromatic carbocycles. The van der Waals surface area contributed by atoms with E-state index in [1.807, 2.05) is 6.07 Å². The molecule has 1 amide bonds. The van der Waals surface area contributed by atoms with Crippen molar-refractivity contribution >= 4 is 11.6 Å². The van der Waals surface area contributed by atoms with Crippen molar-refractivity contribution in [1.82, 2.24) is 5.32 Å². The lowest BCUT2D eigenvalue weighted by Gasteiger charge is -2.20. The summed E-state index contributed by atoms with van der Waals surface area (Å²) in [4.78, 5) is 11.5. The van der Waals surface area contributed by atoms with Gasteiger partial charge in [-0.1, -0.05) is 12.1 Å². The number of carbonyl (C=O) groups excluding carboxylic acids is 1. The number of nitrogens with zero attached hydrogens (tertiary/aromatic N) is 3. The third kappa shape index (κ3) is 2.43. The Labute approximate surface area is 115 Å². The van der Waals surface area contributed by atoms with Crippen molar-refractivity contribution < 1.29 is 4.79 Å². The van der Waals surface area contributed by atoms with Gasteiger partial charge in [0.2, 0.25) is 5.91 Å². The summed E-state index contributed by atoms with van der Waals surface area (Å²) in [6.07, 6.45) is 0.200. The molecule has 6 nitrogen and oxygen atoms in total. The largest absolute Gasteiger partial charge is 0.352 e. The molecular weight excluding hydrogens is 254 g/mol. The summed E-state index contributed by atoms with van der Waals surface area (Å²) in [6.45, 7) is 0.429. The highest BCUT2D eigenvalue weighted by Gasteiger charge is 2.18. The van der Waals surface area contributed by atoms with Crippen LogP contribution < -0.4 is 10.6 Å². The van der Waals surface area contributed by atoms with E-state index in [4.69, 9.17) is 15.8 Å². The fraction of sp³-hybridized carbons (Fsp3) is 0.143. The van der Waals surface area contributed by atoms with E-state index in [0.717, 1.165) is 11.1 Å². The quantitative estimate of drug-likeness (QED) is 0.775. The lowest BCUT2D eigenvalue weighted by atomic mass is 9.98. The third-order valence-corrected chi connectivity index (χ3v) is 2.93. The van der Waals surface area contributed by atoms with E-state index in [9.17, 15) is 4.79 Å². The molecule has 1 heterocycles. The highest BCUT2D eigenvalue weighted by Crippen LogP contribution is 2.25. The number of amides is 1. The number of hydrogen-bond donors (Lipinski definition) is 2. The number of anilines is 1. The van der Waals surface area contributed by atoms with Crippen LogP contribution in [0.25, 0.3) is 0 Å². The maximum Gasteiger partial charge on any atom is 0.224 e. The minimum atomic E-state index is -0.287. The number of nitriles is 3. The summed E-state index contributed by atoms with van der Waals surface area (Å²) in [5.74, 6) is -0.102. The second-order valence-corrected chi connectivity index (χ2v) is 4.11. The van der Waals surface area contributed by atoms with Crippen LogP contribution in [0.15, 0.2) is 29.5 Å². The van der Waals surface area contributed by atoms with Gasteiger partial charge in [-0.2, -0.15) is 15.8 Å². The Morgan fingerprint density at radius 1 is 1.20 bits per heavy atom. The van der Waals surface area contributed by atoms with E-state index in [1.54, 1.807) is 30.3 Å². The first-order chi connectivity index (χ1) is 9.69. The molecule has 96 valence electrons. The Balaban J connectivity index is 2.44. The average Bonchev–Trinajstić information content (AvgIpc) is 2.47. The maximum atomic E-state index is 11.5. The van der Waals surface area contributed by atoms with Crippen LogP contribution in [0.1, 0.15) is 11.1 Å². The van der Waals surface area contributed by atoms with Crippen molar-refractivity contribution in [3.8, 4) is 18.2 Å². The highest BCUT2D eigenvalue weighted by molar-refractivity contribution is 5.83. The van der Waals surface area contributed by atoms with Gasteiger partial charge in [0.05, 0.1) is 6.42 Å². The molecule has 0 saturated heterocycles. The average molecular weight is 263 g/mol. The van der Waals surface area contributed by atoms with Crippen LogP contribution in [0.3, 0.4) is 0 Å². The Kier molecular flexibility index (Phi) is 3.65. The van der Waals surface area contributed by atoms with Gasteiger partial charge >= 0.3 is 0 Å². The summed E-state index contributed by atoms with van der Waals surface area (Å²) in [5.41, 5.74) is 1.89. The molecule has 0 saturated carbocycles. The Morgan fingerprint density at radius 2 is 1.95 bits per heavy atom. The van der Waals surface area contributed by atoms with Gasteiger partial charge in [0, 0.05) is 12.2 Å². The smallest absolute Gasteiger partial charge is 0.224 e. The molecule has 0 aliphatic carbocycles. The summed E-state index contributed by atoms with van der Waals surface area (Å²) < 4.78 is 0. The van der Waals surface area contributed by atoms with Crippen LogP contribution >= 0.6 is 0 Å². The zero-order valence-electron chi connectivity index (χ0n) is 10.4. The third-order valence-electron chi connectivity index (χ3n) is 2.93. The van der Waals surface area contributed by atoms with Crippen LogP contribution in [0.5, 0.6) is 0 Å². The number of rotatable bonds is 2. The fourth-order valence-electron chi connectivity index (χ4n) is 1.96. The maximum absolute atomic E-state index is 11.5. The molecule has 0 spiro atoms. The SMILES string of the molecule is N#CC(C#N)=C(C#N)Nc1cccc2c1CC(=O)NC2. The van der Waals surface area contributed by atoms with Gasteiger partial charge < -0.3 is 10.6 Å². The molecule has 0 radical (unpaired) electrons. The lowest BCUT2D eigenvalue weighted by Crippen LogP contribution is -2.30. The van der Waals surface area contributed by atoms with Gasteiger partial charge in [-0.25, -0.2) is 0 Å². The molecule has 0 atom stereocenters. The number of fused-ring (bicyclic) bond motifs is 1. The van der Waals surface area contributed by atoms with Crippen LogP contribution in [0.2, 0.25) is 0 Å². The van der Waals surface area contributed by atoms with E-state index in [0.29, 0.717) is 12.2 Å². The number of carbonyl (C=O) groups is 1. The van der Waals surface area contributed by atoms with E-state index in [1.165, 1.54) is 0 Å². The zero-order valence-corrected chi connectivity index (χ0v) is 10.4. The summed E-state index contributed by atoms with van der Waals surface area (Å²) >= 11 is 0. The topological polar surface area (TPSA) is 112 Å². The van der Waals surface area contributed by atoms with Crippen LogP contribution in [-0.2, 0) is 17.8 Å². The molecule has 0 aromatic heterocycles. The van der Waals surface area contributed by atoms with E-state index in [-0.39, 0.29) is 23.6 Å². The number of hydrogen-bond acceptors (Lipinski definition) is 5. The summed E-state index contributed by atoms with van der Waals surface area (Å²) in [6, 6.07) is 10.5. The second-order valence-electron chi connectivity index (χ2n) is 4.11. The molecule has 2 N–H and O–H groups in total. The molecule has 0 bridgehead atoms. The first-order valence-corrected chi connectivity index (χ1v) is 5.78. The fourth-order valence-corrected chi connectivity index (χ4v) is 1.96. The molecule has 2 rings (SSSR count). The van der Waals surface area contributed by atoms with E-state index >= 15 is 0 Å². The molecule has 20 heavy (non-hydrogen) atoms. The van der Waals surface area contributed by atoms with Gasteiger partial charge in [-0.05, 0) is 17.2 Å². The predicted molar refractivity (Wildman–Crippen MR) is 69.5 cm³/mol.